The number of hydrogen-bond donors (Lipinski definition) is 0. The summed E-state index contributed by atoms with van der Waals surface area (Å²) in [6.45, 7) is 6.02. The van der Waals surface area contributed by atoms with Gasteiger partial charge in [0.2, 0.25) is 0 Å². The number of ether oxygens (including phenoxy) is 1. The van der Waals surface area contributed by atoms with Crippen molar-refractivity contribution < 1.29 is 9.53 Å². The predicted octanol–water partition coefficient (Wildman–Crippen LogP) is 2.71. The minimum atomic E-state index is -0.230. The van der Waals surface area contributed by atoms with E-state index >= 15 is 0 Å². The molecule has 1 rings (SSSR count). The van der Waals surface area contributed by atoms with E-state index in [1.54, 1.807) is 6.08 Å². The second kappa shape index (κ2) is 4.99. The summed E-state index contributed by atoms with van der Waals surface area (Å²) in [5.74, 6) is 0.517. The minimum Gasteiger partial charge on any atom is -0.458 e. The van der Waals surface area contributed by atoms with Crippen LogP contribution < -0.4 is 0 Å². The quantitative estimate of drug-likeness (QED) is 0.384. The summed E-state index contributed by atoms with van der Waals surface area (Å²) in [4.78, 5) is 11.3. The van der Waals surface area contributed by atoms with Crippen molar-refractivity contribution in [2.45, 2.75) is 33.3 Å². The van der Waals surface area contributed by atoms with Gasteiger partial charge >= 0.3 is 5.97 Å². The molecule has 0 N–H and O–H groups in total. The van der Waals surface area contributed by atoms with Crippen molar-refractivity contribution in [2.24, 2.45) is 11.8 Å². The lowest BCUT2D eigenvalue weighted by molar-refractivity contribution is -0.147. The van der Waals surface area contributed by atoms with Crippen molar-refractivity contribution in [3.8, 4) is 0 Å². The van der Waals surface area contributed by atoms with Crippen LogP contribution in [0.25, 0.3) is 0 Å². The van der Waals surface area contributed by atoms with E-state index in [-0.39, 0.29) is 12.1 Å². The third kappa shape index (κ3) is 2.72. The predicted molar refractivity (Wildman–Crippen MR) is 56.8 cm³/mol. The van der Waals surface area contributed by atoms with E-state index in [0.29, 0.717) is 11.8 Å². The molecule has 0 saturated carbocycles. The second-order valence-electron chi connectivity index (χ2n) is 3.90. The molecule has 1 aliphatic rings. The highest BCUT2D eigenvalue weighted by molar-refractivity contribution is 5.82. The molecule has 3 atom stereocenters. The van der Waals surface area contributed by atoms with Crippen molar-refractivity contribution in [2.75, 3.05) is 0 Å². The Morgan fingerprint density at radius 3 is 2.79 bits per heavy atom. The molecule has 2 nitrogen and oxygen atoms in total. The Kier molecular flexibility index (Phi) is 3.93. The lowest BCUT2D eigenvalue weighted by Gasteiger charge is -2.29. The van der Waals surface area contributed by atoms with Crippen LogP contribution in [0.4, 0.5) is 0 Å². The van der Waals surface area contributed by atoms with E-state index < -0.39 is 0 Å². The van der Waals surface area contributed by atoms with Crippen LogP contribution >= 0.6 is 0 Å². The molecule has 0 spiro atoms. The van der Waals surface area contributed by atoms with Crippen LogP contribution in [0.5, 0.6) is 0 Å². The van der Waals surface area contributed by atoms with Gasteiger partial charge < -0.3 is 4.74 Å². The lowest BCUT2D eigenvalue weighted by Crippen LogP contribution is -2.32. The molecule has 14 heavy (non-hydrogen) atoms. The summed E-state index contributed by atoms with van der Waals surface area (Å²) < 4.78 is 5.38. The number of hydrogen-bond acceptors (Lipinski definition) is 2. The molecule has 0 bridgehead atoms. The fourth-order valence-corrected chi connectivity index (χ4v) is 1.80. The Morgan fingerprint density at radius 2 is 2.21 bits per heavy atom. The van der Waals surface area contributed by atoms with E-state index in [4.69, 9.17) is 4.74 Å². The maximum atomic E-state index is 11.3. The highest BCUT2D eigenvalue weighted by atomic mass is 16.5. The first-order valence-corrected chi connectivity index (χ1v) is 5.15. The SMILES string of the molecule is C/C=C/C(=O)O[C@@H]1[C@H](C)CC=C[C@@H]1C. The third-order valence-electron chi connectivity index (χ3n) is 2.58. The van der Waals surface area contributed by atoms with E-state index in [0.717, 1.165) is 6.42 Å². The monoisotopic (exact) mass is 194 g/mol. The van der Waals surface area contributed by atoms with Crippen LogP contribution in [0.15, 0.2) is 24.3 Å². The zero-order valence-corrected chi connectivity index (χ0v) is 9.07. The average molecular weight is 194 g/mol. The first kappa shape index (κ1) is 11.0. The van der Waals surface area contributed by atoms with Crippen molar-refractivity contribution in [3.05, 3.63) is 24.3 Å². The van der Waals surface area contributed by atoms with Gasteiger partial charge in [-0.05, 0) is 19.3 Å². The molecular formula is C12H18O2. The first-order valence-electron chi connectivity index (χ1n) is 5.15. The second-order valence-corrected chi connectivity index (χ2v) is 3.90. The normalized spacial score (nSPS) is 32.1. The van der Waals surface area contributed by atoms with Gasteiger partial charge in [0.1, 0.15) is 6.10 Å². The summed E-state index contributed by atoms with van der Waals surface area (Å²) in [7, 11) is 0. The van der Waals surface area contributed by atoms with Gasteiger partial charge in [0.25, 0.3) is 0 Å². The highest BCUT2D eigenvalue weighted by Crippen LogP contribution is 2.26. The largest absolute Gasteiger partial charge is 0.458 e. The van der Waals surface area contributed by atoms with Gasteiger partial charge in [-0.2, -0.15) is 0 Å². The molecule has 0 fully saturated rings. The van der Waals surface area contributed by atoms with Crippen molar-refractivity contribution in [1.82, 2.24) is 0 Å². The van der Waals surface area contributed by atoms with Gasteiger partial charge in [-0.15, -0.1) is 0 Å². The van der Waals surface area contributed by atoms with Gasteiger partial charge in [0.15, 0.2) is 0 Å². The molecule has 0 heterocycles. The summed E-state index contributed by atoms with van der Waals surface area (Å²) in [6, 6.07) is 0. The van der Waals surface area contributed by atoms with Crippen LogP contribution in [0.3, 0.4) is 0 Å². The Morgan fingerprint density at radius 1 is 1.50 bits per heavy atom. The topological polar surface area (TPSA) is 26.3 Å². The summed E-state index contributed by atoms with van der Waals surface area (Å²) in [6.07, 6.45) is 8.48. The zero-order valence-electron chi connectivity index (χ0n) is 9.07. The summed E-state index contributed by atoms with van der Waals surface area (Å²) in [5, 5.41) is 0. The molecule has 0 aromatic heterocycles. The van der Waals surface area contributed by atoms with Crippen molar-refractivity contribution in [3.63, 3.8) is 0 Å². The number of esters is 1. The molecule has 0 unspecified atom stereocenters. The molecule has 78 valence electrons. The Labute approximate surface area is 85.6 Å². The number of allylic oxidation sites excluding steroid dienone is 2. The summed E-state index contributed by atoms with van der Waals surface area (Å²) in [5.41, 5.74) is 0. The van der Waals surface area contributed by atoms with Crippen LogP contribution in [0.1, 0.15) is 27.2 Å². The number of carbonyl (C=O) groups excluding carboxylic acids is 1. The van der Waals surface area contributed by atoms with Crippen molar-refractivity contribution >= 4 is 5.97 Å². The van der Waals surface area contributed by atoms with Crippen LogP contribution in [-0.2, 0) is 9.53 Å². The summed E-state index contributed by atoms with van der Waals surface area (Å²) >= 11 is 0. The molecule has 1 aliphatic carbocycles. The van der Waals surface area contributed by atoms with E-state index in [1.165, 1.54) is 6.08 Å². The van der Waals surface area contributed by atoms with Gasteiger partial charge in [-0.1, -0.05) is 32.1 Å². The maximum Gasteiger partial charge on any atom is 0.330 e. The Hall–Kier alpha value is -1.05. The highest BCUT2D eigenvalue weighted by Gasteiger charge is 2.27. The van der Waals surface area contributed by atoms with Crippen LogP contribution in [0, 0.1) is 11.8 Å². The lowest BCUT2D eigenvalue weighted by atomic mass is 9.86. The molecular weight excluding hydrogens is 176 g/mol. The molecule has 0 saturated heterocycles. The van der Waals surface area contributed by atoms with Crippen LogP contribution in [-0.4, -0.2) is 12.1 Å². The van der Waals surface area contributed by atoms with Crippen molar-refractivity contribution in [1.29, 1.82) is 0 Å². The van der Waals surface area contributed by atoms with Gasteiger partial charge in [0, 0.05) is 12.0 Å². The standard InChI is InChI=1S/C12H18O2/c1-4-6-11(13)14-12-9(2)7-5-8-10(12)3/h4-7,9-10,12H,8H2,1-3H3/b6-4+/t9-,10+,12-/m0/s1. The molecule has 0 radical (unpaired) electrons. The van der Waals surface area contributed by atoms with E-state index in [2.05, 4.69) is 26.0 Å². The third-order valence-corrected chi connectivity index (χ3v) is 2.58. The van der Waals surface area contributed by atoms with E-state index in [1.807, 2.05) is 6.92 Å². The van der Waals surface area contributed by atoms with Gasteiger partial charge in [-0.3, -0.25) is 0 Å². The molecule has 0 aromatic carbocycles. The average Bonchev–Trinajstić information content (AvgIpc) is 2.12. The smallest absolute Gasteiger partial charge is 0.330 e. The minimum absolute atomic E-state index is 0.0312. The maximum absolute atomic E-state index is 11.3. The first-order chi connectivity index (χ1) is 6.65. The zero-order chi connectivity index (χ0) is 10.6. The Balaban J connectivity index is 2.58. The van der Waals surface area contributed by atoms with Gasteiger partial charge in [-0.25, -0.2) is 4.79 Å². The molecule has 0 aliphatic heterocycles. The Bertz CT molecular complexity index is 253. The fraction of sp³-hybridized carbons (Fsp3) is 0.583. The van der Waals surface area contributed by atoms with Gasteiger partial charge in [0.05, 0.1) is 0 Å². The van der Waals surface area contributed by atoms with E-state index in [9.17, 15) is 4.79 Å². The number of rotatable bonds is 2. The number of carbonyl (C=O) groups is 1. The molecule has 0 aromatic rings. The molecule has 0 amide bonds. The molecule has 2 heteroatoms. The fourth-order valence-electron chi connectivity index (χ4n) is 1.80. The van der Waals surface area contributed by atoms with Crippen LogP contribution in [0.2, 0.25) is 0 Å².